The number of rotatable bonds is 3. The van der Waals surface area contributed by atoms with Gasteiger partial charge in [-0.3, -0.25) is 24.6 Å². The summed E-state index contributed by atoms with van der Waals surface area (Å²) in [5.41, 5.74) is 0.380. The quantitative estimate of drug-likeness (QED) is 0.487. The molecule has 1 aromatic rings. The van der Waals surface area contributed by atoms with E-state index in [0.717, 1.165) is 4.90 Å². The lowest BCUT2D eigenvalue weighted by atomic mass is 10.1. The first-order chi connectivity index (χ1) is 9.34. The Kier molecular flexibility index (Phi) is 3.59. The standard InChI is InChI=1S/C13H11ClN2O4/c1-7(2)15-12(17)10(11(14)13(15)18)8-3-5-9(6-4-8)16(19)20/h3-7H,1-2H3. The minimum atomic E-state index is -0.542. The van der Waals surface area contributed by atoms with Gasteiger partial charge >= 0.3 is 0 Å². The number of nitro groups is 1. The zero-order valence-electron chi connectivity index (χ0n) is 10.8. The molecule has 7 heteroatoms. The number of imide groups is 1. The van der Waals surface area contributed by atoms with Crippen LogP contribution in [0.1, 0.15) is 19.4 Å². The molecule has 0 unspecified atom stereocenters. The molecule has 0 bridgehead atoms. The maximum atomic E-state index is 12.2. The van der Waals surface area contributed by atoms with E-state index in [9.17, 15) is 19.7 Å². The molecule has 1 heterocycles. The number of carbonyl (C=O) groups is 2. The molecule has 2 rings (SSSR count). The fourth-order valence-electron chi connectivity index (χ4n) is 1.99. The van der Waals surface area contributed by atoms with E-state index in [4.69, 9.17) is 11.6 Å². The molecule has 0 aliphatic carbocycles. The van der Waals surface area contributed by atoms with Crippen molar-refractivity contribution in [1.29, 1.82) is 0 Å². The number of carbonyl (C=O) groups excluding carboxylic acids is 2. The third-order valence-corrected chi connectivity index (χ3v) is 3.29. The van der Waals surface area contributed by atoms with Crippen molar-refractivity contribution in [2.75, 3.05) is 0 Å². The van der Waals surface area contributed by atoms with Gasteiger partial charge in [0.05, 0.1) is 10.5 Å². The Morgan fingerprint density at radius 1 is 1.15 bits per heavy atom. The van der Waals surface area contributed by atoms with Crippen molar-refractivity contribution < 1.29 is 14.5 Å². The van der Waals surface area contributed by atoms with Crippen LogP contribution in [-0.4, -0.2) is 27.7 Å². The van der Waals surface area contributed by atoms with Crippen LogP contribution in [0.3, 0.4) is 0 Å². The van der Waals surface area contributed by atoms with Crippen molar-refractivity contribution in [3.05, 3.63) is 45.0 Å². The van der Waals surface area contributed by atoms with Gasteiger partial charge in [-0.15, -0.1) is 0 Å². The molecule has 1 aliphatic rings. The largest absolute Gasteiger partial charge is 0.273 e. The number of benzene rings is 1. The predicted octanol–water partition coefficient (Wildman–Crippen LogP) is 2.32. The molecule has 2 amide bonds. The molecule has 20 heavy (non-hydrogen) atoms. The van der Waals surface area contributed by atoms with Crippen LogP contribution in [-0.2, 0) is 9.59 Å². The zero-order valence-corrected chi connectivity index (χ0v) is 11.5. The first-order valence-electron chi connectivity index (χ1n) is 5.87. The Morgan fingerprint density at radius 3 is 2.10 bits per heavy atom. The molecule has 0 spiro atoms. The monoisotopic (exact) mass is 294 g/mol. The Bertz CT molecular complexity index is 634. The van der Waals surface area contributed by atoms with Crippen molar-refractivity contribution in [3.8, 4) is 0 Å². The Balaban J connectivity index is 2.44. The third kappa shape index (κ3) is 2.18. The highest BCUT2D eigenvalue weighted by atomic mass is 35.5. The Hall–Kier alpha value is -2.21. The Morgan fingerprint density at radius 2 is 1.70 bits per heavy atom. The highest BCUT2D eigenvalue weighted by Crippen LogP contribution is 2.33. The lowest BCUT2D eigenvalue weighted by molar-refractivity contribution is -0.384. The van der Waals surface area contributed by atoms with Gasteiger partial charge in [-0.25, -0.2) is 0 Å². The molecule has 104 valence electrons. The molecule has 0 aromatic heterocycles. The van der Waals surface area contributed by atoms with E-state index in [0.29, 0.717) is 5.56 Å². The number of nitrogens with zero attached hydrogens (tertiary/aromatic N) is 2. The predicted molar refractivity (Wildman–Crippen MR) is 72.9 cm³/mol. The molecule has 6 nitrogen and oxygen atoms in total. The summed E-state index contributed by atoms with van der Waals surface area (Å²) in [6.45, 7) is 3.41. The average molecular weight is 295 g/mol. The highest BCUT2D eigenvalue weighted by molar-refractivity contribution is 6.55. The van der Waals surface area contributed by atoms with Crippen LogP contribution in [0.5, 0.6) is 0 Å². The summed E-state index contributed by atoms with van der Waals surface area (Å²) in [6.07, 6.45) is 0. The van der Waals surface area contributed by atoms with E-state index >= 15 is 0 Å². The zero-order chi connectivity index (χ0) is 15.0. The van der Waals surface area contributed by atoms with Gasteiger partial charge in [0.1, 0.15) is 5.03 Å². The summed E-state index contributed by atoms with van der Waals surface area (Å²) in [5.74, 6) is -1.02. The lowest BCUT2D eigenvalue weighted by Crippen LogP contribution is -2.37. The first-order valence-corrected chi connectivity index (χ1v) is 6.25. The van der Waals surface area contributed by atoms with Crippen LogP contribution in [0.4, 0.5) is 5.69 Å². The molecule has 0 fully saturated rings. The first kappa shape index (κ1) is 14.2. The second kappa shape index (κ2) is 5.05. The van der Waals surface area contributed by atoms with Crippen molar-refractivity contribution >= 4 is 34.7 Å². The van der Waals surface area contributed by atoms with E-state index in [1.165, 1.54) is 24.3 Å². The van der Waals surface area contributed by atoms with Crippen molar-refractivity contribution in [2.45, 2.75) is 19.9 Å². The number of halogens is 1. The van der Waals surface area contributed by atoms with Gasteiger partial charge in [-0.1, -0.05) is 11.6 Å². The number of amides is 2. The van der Waals surface area contributed by atoms with Crippen LogP contribution in [0, 0.1) is 10.1 Å². The maximum Gasteiger partial charge on any atom is 0.273 e. The van der Waals surface area contributed by atoms with Crippen molar-refractivity contribution in [1.82, 2.24) is 4.90 Å². The molecule has 1 aromatic carbocycles. The van der Waals surface area contributed by atoms with Gasteiger partial charge in [0.25, 0.3) is 17.5 Å². The topological polar surface area (TPSA) is 80.5 Å². The summed E-state index contributed by atoms with van der Waals surface area (Å²) in [7, 11) is 0. The number of hydrogen-bond donors (Lipinski definition) is 0. The summed E-state index contributed by atoms with van der Waals surface area (Å²) in [6, 6.07) is 5.04. The fourth-order valence-corrected chi connectivity index (χ4v) is 2.27. The van der Waals surface area contributed by atoms with E-state index in [1.54, 1.807) is 13.8 Å². The normalized spacial score (nSPS) is 15.5. The van der Waals surface area contributed by atoms with Crippen LogP contribution in [0.15, 0.2) is 29.3 Å². The highest BCUT2D eigenvalue weighted by Gasteiger charge is 2.39. The van der Waals surface area contributed by atoms with Crippen LogP contribution in [0.25, 0.3) is 5.57 Å². The van der Waals surface area contributed by atoms with Crippen LogP contribution < -0.4 is 0 Å². The van der Waals surface area contributed by atoms with E-state index < -0.39 is 16.7 Å². The summed E-state index contributed by atoms with van der Waals surface area (Å²) >= 11 is 5.93. The van der Waals surface area contributed by atoms with Crippen molar-refractivity contribution in [3.63, 3.8) is 0 Å². The molecule has 0 saturated carbocycles. The van der Waals surface area contributed by atoms with E-state index in [2.05, 4.69) is 0 Å². The lowest BCUT2D eigenvalue weighted by Gasteiger charge is -2.18. The molecule has 0 atom stereocenters. The summed E-state index contributed by atoms with van der Waals surface area (Å²) in [5, 5.41) is 10.4. The van der Waals surface area contributed by atoms with Gasteiger partial charge < -0.3 is 0 Å². The fraction of sp³-hybridized carbons (Fsp3) is 0.231. The second-order valence-corrected chi connectivity index (χ2v) is 4.94. The number of non-ortho nitro benzene ring substituents is 1. The molecule has 1 aliphatic heterocycles. The van der Waals surface area contributed by atoms with Gasteiger partial charge in [0.2, 0.25) is 0 Å². The summed E-state index contributed by atoms with van der Waals surface area (Å²) in [4.78, 5) is 35.3. The minimum absolute atomic E-state index is 0.0836. The van der Waals surface area contributed by atoms with Crippen molar-refractivity contribution in [2.24, 2.45) is 0 Å². The number of hydrogen-bond acceptors (Lipinski definition) is 4. The summed E-state index contributed by atoms with van der Waals surface area (Å²) < 4.78 is 0. The van der Waals surface area contributed by atoms with Crippen LogP contribution >= 0.6 is 11.6 Å². The SMILES string of the molecule is CC(C)N1C(=O)C(Cl)=C(c2ccc([N+](=O)[O-])cc2)C1=O. The van der Waals surface area contributed by atoms with Gasteiger partial charge in [0, 0.05) is 18.2 Å². The third-order valence-electron chi connectivity index (χ3n) is 2.94. The van der Waals surface area contributed by atoms with Gasteiger partial charge in [-0.05, 0) is 31.5 Å². The molecular weight excluding hydrogens is 284 g/mol. The molecule has 0 saturated heterocycles. The second-order valence-electron chi connectivity index (χ2n) is 4.57. The number of nitro benzene ring substituents is 1. The molecule has 0 radical (unpaired) electrons. The van der Waals surface area contributed by atoms with E-state index in [1.807, 2.05) is 0 Å². The van der Waals surface area contributed by atoms with Crippen LogP contribution in [0.2, 0.25) is 0 Å². The maximum absolute atomic E-state index is 12.2. The van der Waals surface area contributed by atoms with Gasteiger partial charge in [-0.2, -0.15) is 0 Å². The Labute approximate surface area is 119 Å². The van der Waals surface area contributed by atoms with Gasteiger partial charge in [0.15, 0.2) is 0 Å². The average Bonchev–Trinajstić information content (AvgIpc) is 2.60. The minimum Gasteiger partial charge on any atom is -0.271 e. The smallest absolute Gasteiger partial charge is 0.271 e. The van der Waals surface area contributed by atoms with E-state index in [-0.39, 0.29) is 22.3 Å². The molecule has 0 N–H and O–H groups in total. The molecular formula is C13H11ClN2O4.